The molecule has 0 amide bonds. The van der Waals surface area contributed by atoms with E-state index in [1.54, 1.807) is 0 Å². The quantitative estimate of drug-likeness (QED) is 0.426. The lowest BCUT2D eigenvalue weighted by Gasteiger charge is -2.03. The number of thioether (sulfide) groups is 1. The second-order valence-corrected chi connectivity index (χ2v) is 6.78. The molecule has 0 saturated carbocycles. The first-order chi connectivity index (χ1) is 10.1. The molecular weight excluding hydrogens is 272 g/mol. The molecule has 0 aliphatic heterocycles. The van der Waals surface area contributed by atoms with Crippen LogP contribution in [0.5, 0.6) is 0 Å². The van der Waals surface area contributed by atoms with E-state index < -0.39 is 0 Å². The summed E-state index contributed by atoms with van der Waals surface area (Å²) in [5.41, 5.74) is 2.90. The minimum Gasteiger partial charge on any atom is -0.122 e. The highest BCUT2D eigenvalue weighted by molar-refractivity contribution is 7.99. The molecule has 0 heterocycles. The van der Waals surface area contributed by atoms with Crippen LogP contribution >= 0.6 is 11.8 Å². The Hall–Kier alpha value is -1.47. The zero-order valence-corrected chi connectivity index (χ0v) is 14.0. The van der Waals surface area contributed by atoms with Crippen molar-refractivity contribution in [3.63, 3.8) is 0 Å². The molecule has 21 heavy (non-hydrogen) atoms. The van der Waals surface area contributed by atoms with Gasteiger partial charge in [-0.3, -0.25) is 0 Å². The van der Waals surface area contributed by atoms with Crippen LogP contribution in [0.15, 0.2) is 70.7 Å². The molecule has 0 aliphatic carbocycles. The Labute approximate surface area is 133 Å². The fourth-order valence-electron chi connectivity index (χ4n) is 2.23. The van der Waals surface area contributed by atoms with Crippen LogP contribution in [-0.4, -0.2) is 5.75 Å². The Kier molecular flexibility index (Phi) is 6.13. The summed E-state index contributed by atoms with van der Waals surface area (Å²) in [5, 5.41) is 2.64. The number of benzene rings is 2. The SMILES string of the molecule is CC(C)=CCC/C(C)=C/CSc1ccc2ccccc2c1. The second kappa shape index (κ2) is 8.09. The maximum Gasteiger partial charge on any atom is 0.0163 e. The first kappa shape index (κ1) is 15.9. The van der Waals surface area contributed by atoms with Gasteiger partial charge in [-0.05, 0) is 56.5 Å². The van der Waals surface area contributed by atoms with Crippen LogP contribution in [0.4, 0.5) is 0 Å². The van der Waals surface area contributed by atoms with E-state index in [2.05, 4.69) is 75.4 Å². The summed E-state index contributed by atoms with van der Waals surface area (Å²) in [6.07, 6.45) is 7.00. The monoisotopic (exact) mass is 296 g/mol. The Morgan fingerprint density at radius 3 is 2.48 bits per heavy atom. The zero-order valence-electron chi connectivity index (χ0n) is 13.2. The molecule has 0 atom stereocenters. The fourth-order valence-corrected chi connectivity index (χ4v) is 3.16. The van der Waals surface area contributed by atoms with Gasteiger partial charge in [0.25, 0.3) is 0 Å². The standard InChI is InChI=1S/C20H24S/c1-16(2)7-6-8-17(3)13-14-21-20-12-11-18-9-4-5-10-19(18)15-20/h4-5,7,9-13,15H,6,8,14H2,1-3H3/b17-13+. The van der Waals surface area contributed by atoms with Crippen LogP contribution in [0.25, 0.3) is 10.8 Å². The van der Waals surface area contributed by atoms with Crippen LogP contribution < -0.4 is 0 Å². The lowest BCUT2D eigenvalue weighted by Crippen LogP contribution is -1.81. The van der Waals surface area contributed by atoms with Gasteiger partial charge >= 0.3 is 0 Å². The van der Waals surface area contributed by atoms with Crippen LogP contribution in [0.2, 0.25) is 0 Å². The first-order valence-corrected chi connectivity index (χ1v) is 8.54. The molecule has 0 N–H and O–H groups in total. The highest BCUT2D eigenvalue weighted by Gasteiger charge is 1.96. The molecule has 0 bridgehead atoms. The van der Waals surface area contributed by atoms with Crippen LogP contribution in [0.3, 0.4) is 0 Å². The number of fused-ring (bicyclic) bond motifs is 1. The molecule has 0 radical (unpaired) electrons. The van der Waals surface area contributed by atoms with Gasteiger partial charge in [0.2, 0.25) is 0 Å². The summed E-state index contributed by atoms with van der Waals surface area (Å²) >= 11 is 1.91. The van der Waals surface area contributed by atoms with Crippen molar-refractivity contribution in [2.24, 2.45) is 0 Å². The van der Waals surface area contributed by atoms with Gasteiger partial charge in [-0.15, -0.1) is 11.8 Å². The third-order valence-corrected chi connectivity index (χ3v) is 4.41. The van der Waals surface area contributed by atoms with E-state index in [4.69, 9.17) is 0 Å². The molecule has 0 nitrogen and oxygen atoms in total. The largest absolute Gasteiger partial charge is 0.122 e. The van der Waals surface area contributed by atoms with E-state index >= 15 is 0 Å². The molecule has 0 aliphatic rings. The molecule has 0 fully saturated rings. The van der Waals surface area contributed by atoms with Gasteiger partial charge in [0, 0.05) is 10.6 Å². The summed E-state index contributed by atoms with van der Waals surface area (Å²) in [6.45, 7) is 6.56. The third-order valence-electron chi connectivity index (χ3n) is 3.49. The van der Waals surface area contributed by atoms with E-state index in [-0.39, 0.29) is 0 Å². The van der Waals surface area contributed by atoms with Crippen molar-refractivity contribution < 1.29 is 0 Å². The molecule has 2 aromatic carbocycles. The molecule has 0 saturated heterocycles. The van der Waals surface area contributed by atoms with Crippen LogP contribution in [0.1, 0.15) is 33.6 Å². The van der Waals surface area contributed by atoms with Crippen molar-refractivity contribution in [1.29, 1.82) is 0 Å². The fraction of sp³-hybridized carbons (Fsp3) is 0.300. The van der Waals surface area contributed by atoms with Crippen molar-refractivity contribution in [1.82, 2.24) is 0 Å². The van der Waals surface area contributed by atoms with Crippen molar-refractivity contribution >= 4 is 22.5 Å². The molecule has 2 aromatic rings. The normalized spacial score (nSPS) is 11.7. The van der Waals surface area contributed by atoms with E-state index in [9.17, 15) is 0 Å². The number of allylic oxidation sites excluding steroid dienone is 3. The highest BCUT2D eigenvalue weighted by atomic mass is 32.2. The molecule has 1 heteroatoms. The summed E-state index contributed by atoms with van der Waals surface area (Å²) in [7, 11) is 0. The summed E-state index contributed by atoms with van der Waals surface area (Å²) in [5.74, 6) is 1.05. The van der Waals surface area contributed by atoms with E-state index in [0.29, 0.717) is 0 Å². The molecule has 110 valence electrons. The van der Waals surface area contributed by atoms with Crippen molar-refractivity contribution in [2.75, 3.05) is 5.75 Å². The predicted molar refractivity (Wildman–Crippen MR) is 97.1 cm³/mol. The molecule has 0 spiro atoms. The maximum absolute atomic E-state index is 2.36. The highest BCUT2D eigenvalue weighted by Crippen LogP contribution is 2.24. The average Bonchev–Trinajstić information content (AvgIpc) is 2.47. The summed E-state index contributed by atoms with van der Waals surface area (Å²) in [6, 6.07) is 15.3. The van der Waals surface area contributed by atoms with Gasteiger partial charge in [0.1, 0.15) is 0 Å². The Balaban J connectivity index is 1.88. The summed E-state index contributed by atoms with van der Waals surface area (Å²) in [4.78, 5) is 1.35. The topological polar surface area (TPSA) is 0 Å². The predicted octanol–water partition coefficient (Wildman–Crippen LogP) is 6.62. The molecule has 0 aromatic heterocycles. The number of hydrogen-bond acceptors (Lipinski definition) is 1. The van der Waals surface area contributed by atoms with E-state index in [0.717, 1.165) is 12.2 Å². The van der Waals surface area contributed by atoms with E-state index in [1.807, 2.05) is 11.8 Å². The Morgan fingerprint density at radius 1 is 0.952 bits per heavy atom. The summed E-state index contributed by atoms with van der Waals surface area (Å²) < 4.78 is 0. The van der Waals surface area contributed by atoms with Gasteiger partial charge < -0.3 is 0 Å². The average molecular weight is 296 g/mol. The third kappa shape index (κ3) is 5.43. The van der Waals surface area contributed by atoms with Gasteiger partial charge in [-0.1, -0.05) is 53.6 Å². The van der Waals surface area contributed by atoms with Crippen molar-refractivity contribution in [3.05, 3.63) is 65.8 Å². The lowest BCUT2D eigenvalue weighted by atomic mass is 10.1. The van der Waals surface area contributed by atoms with Gasteiger partial charge in [0.05, 0.1) is 0 Å². The molecule has 0 unspecified atom stereocenters. The van der Waals surface area contributed by atoms with Gasteiger partial charge in [-0.25, -0.2) is 0 Å². The van der Waals surface area contributed by atoms with Crippen molar-refractivity contribution in [3.8, 4) is 0 Å². The number of rotatable bonds is 6. The van der Waals surface area contributed by atoms with Crippen molar-refractivity contribution in [2.45, 2.75) is 38.5 Å². The minimum atomic E-state index is 1.05. The number of hydrogen-bond donors (Lipinski definition) is 0. The molecular formula is C20H24S. The zero-order chi connectivity index (χ0) is 15.1. The minimum absolute atomic E-state index is 1.05. The first-order valence-electron chi connectivity index (χ1n) is 7.56. The van der Waals surface area contributed by atoms with Crippen LogP contribution in [0, 0.1) is 0 Å². The Morgan fingerprint density at radius 2 is 1.71 bits per heavy atom. The smallest absolute Gasteiger partial charge is 0.0163 e. The van der Waals surface area contributed by atoms with E-state index in [1.165, 1.54) is 33.2 Å². The van der Waals surface area contributed by atoms with Gasteiger partial charge in [0.15, 0.2) is 0 Å². The maximum atomic E-state index is 2.36. The molecule has 2 rings (SSSR count). The lowest BCUT2D eigenvalue weighted by molar-refractivity contribution is 0.964. The van der Waals surface area contributed by atoms with Crippen LogP contribution in [-0.2, 0) is 0 Å². The van der Waals surface area contributed by atoms with Gasteiger partial charge in [-0.2, -0.15) is 0 Å². The Bertz CT molecular complexity index is 646. The second-order valence-electron chi connectivity index (χ2n) is 5.69.